The lowest BCUT2D eigenvalue weighted by atomic mass is 10.3. The number of rotatable bonds is 2. The second-order valence-electron chi connectivity index (χ2n) is 3.69. The molecule has 1 aromatic carbocycles. The van der Waals surface area contributed by atoms with E-state index >= 15 is 0 Å². The molecule has 0 radical (unpaired) electrons. The summed E-state index contributed by atoms with van der Waals surface area (Å²) in [5, 5.41) is 2.97. The number of aromatic nitrogens is 2. The van der Waals surface area contributed by atoms with Crippen LogP contribution in [0.3, 0.4) is 0 Å². The van der Waals surface area contributed by atoms with Gasteiger partial charge in [0.15, 0.2) is 5.82 Å². The maximum atomic E-state index is 5.98. The number of hydrogen-bond acceptors (Lipinski definition) is 3. The Labute approximate surface area is 117 Å². The fourth-order valence-electron chi connectivity index (χ4n) is 1.74. The molecule has 0 aliphatic heterocycles. The Morgan fingerprint density at radius 2 is 2.06 bits per heavy atom. The van der Waals surface area contributed by atoms with Crippen molar-refractivity contribution in [2.75, 3.05) is 7.11 Å². The van der Waals surface area contributed by atoms with Gasteiger partial charge in [0.05, 0.1) is 28.2 Å². The highest BCUT2D eigenvalue weighted by Crippen LogP contribution is 2.35. The Balaban J connectivity index is 2.19. The standard InChI is InChI=1S/C12H8Cl2N2OS/c1-17-10-2-3-18-11(10)12-15-8-4-6(13)7(14)5-9(8)16-12/h2-5H,1H3,(H,15,16). The summed E-state index contributed by atoms with van der Waals surface area (Å²) in [6.45, 7) is 0. The minimum Gasteiger partial charge on any atom is -0.495 e. The second-order valence-corrected chi connectivity index (χ2v) is 5.42. The second kappa shape index (κ2) is 4.46. The molecule has 0 aliphatic rings. The molecule has 18 heavy (non-hydrogen) atoms. The molecule has 3 rings (SSSR count). The number of thiophene rings is 1. The molecule has 6 heteroatoms. The van der Waals surface area contributed by atoms with Crippen molar-refractivity contribution >= 4 is 45.6 Å². The van der Waals surface area contributed by atoms with Crippen molar-refractivity contribution in [2.45, 2.75) is 0 Å². The average molecular weight is 299 g/mol. The van der Waals surface area contributed by atoms with Gasteiger partial charge in [0.1, 0.15) is 10.6 Å². The van der Waals surface area contributed by atoms with Crippen LogP contribution in [0.5, 0.6) is 5.75 Å². The van der Waals surface area contributed by atoms with E-state index in [0.717, 1.165) is 27.5 Å². The van der Waals surface area contributed by atoms with Crippen molar-refractivity contribution < 1.29 is 4.74 Å². The molecule has 92 valence electrons. The zero-order valence-corrected chi connectivity index (χ0v) is 11.7. The van der Waals surface area contributed by atoms with Crippen LogP contribution < -0.4 is 4.74 Å². The predicted octanol–water partition coefficient (Wildman–Crippen LogP) is 4.61. The van der Waals surface area contributed by atoms with Crippen LogP contribution in [0.25, 0.3) is 21.7 Å². The fourth-order valence-corrected chi connectivity index (χ4v) is 2.87. The molecule has 0 fully saturated rings. The summed E-state index contributed by atoms with van der Waals surface area (Å²) in [5.74, 6) is 1.56. The third-order valence-electron chi connectivity index (χ3n) is 2.59. The fraction of sp³-hybridized carbons (Fsp3) is 0.0833. The van der Waals surface area contributed by atoms with Crippen molar-refractivity contribution in [2.24, 2.45) is 0 Å². The van der Waals surface area contributed by atoms with Gasteiger partial charge in [0, 0.05) is 0 Å². The van der Waals surface area contributed by atoms with Crippen molar-refractivity contribution in [1.29, 1.82) is 0 Å². The number of nitrogens with zero attached hydrogens (tertiary/aromatic N) is 1. The molecule has 2 aromatic heterocycles. The first-order valence-corrected chi connectivity index (χ1v) is 6.79. The van der Waals surface area contributed by atoms with Gasteiger partial charge < -0.3 is 9.72 Å². The largest absolute Gasteiger partial charge is 0.495 e. The summed E-state index contributed by atoms with van der Waals surface area (Å²) in [6, 6.07) is 5.43. The first-order chi connectivity index (χ1) is 8.69. The third-order valence-corrected chi connectivity index (χ3v) is 4.21. The number of nitrogens with one attached hydrogen (secondary N) is 1. The number of benzene rings is 1. The summed E-state index contributed by atoms with van der Waals surface area (Å²) in [5.41, 5.74) is 1.64. The molecule has 0 unspecified atom stereocenters. The van der Waals surface area contributed by atoms with Gasteiger partial charge in [-0.1, -0.05) is 23.2 Å². The molecule has 3 aromatic rings. The number of aromatic amines is 1. The smallest absolute Gasteiger partial charge is 0.152 e. The van der Waals surface area contributed by atoms with Crippen molar-refractivity contribution in [3.8, 4) is 16.5 Å². The van der Waals surface area contributed by atoms with Crippen molar-refractivity contribution in [1.82, 2.24) is 9.97 Å². The van der Waals surface area contributed by atoms with Crippen LogP contribution in [0.2, 0.25) is 10.0 Å². The minimum atomic E-state index is 0.500. The highest BCUT2D eigenvalue weighted by Gasteiger charge is 2.13. The van der Waals surface area contributed by atoms with E-state index < -0.39 is 0 Å². The van der Waals surface area contributed by atoms with E-state index in [2.05, 4.69) is 9.97 Å². The first kappa shape index (κ1) is 11.8. The molecule has 0 saturated carbocycles. The number of methoxy groups -OCH3 is 1. The van der Waals surface area contributed by atoms with Crippen LogP contribution in [0.15, 0.2) is 23.6 Å². The average Bonchev–Trinajstić information content (AvgIpc) is 2.95. The van der Waals surface area contributed by atoms with Crippen molar-refractivity contribution in [3.63, 3.8) is 0 Å². The van der Waals surface area contributed by atoms with Gasteiger partial charge in [-0.3, -0.25) is 0 Å². The number of H-pyrrole nitrogens is 1. The van der Waals surface area contributed by atoms with E-state index in [1.54, 1.807) is 30.6 Å². The number of hydrogen-bond donors (Lipinski definition) is 1. The molecular formula is C12H8Cl2N2OS. The quantitative estimate of drug-likeness (QED) is 0.750. The van der Waals surface area contributed by atoms with Gasteiger partial charge in [0.25, 0.3) is 0 Å². The SMILES string of the molecule is COc1ccsc1-c1nc2cc(Cl)c(Cl)cc2[nH]1. The van der Waals surface area contributed by atoms with Gasteiger partial charge in [-0.15, -0.1) is 11.3 Å². The molecular weight excluding hydrogens is 291 g/mol. The number of halogens is 2. The van der Waals surface area contributed by atoms with Crippen LogP contribution in [0.1, 0.15) is 0 Å². The van der Waals surface area contributed by atoms with Crippen LogP contribution >= 0.6 is 34.5 Å². The molecule has 0 saturated heterocycles. The summed E-state index contributed by atoms with van der Waals surface area (Å²) in [4.78, 5) is 8.67. The van der Waals surface area contributed by atoms with E-state index in [1.165, 1.54) is 0 Å². The summed E-state index contributed by atoms with van der Waals surface area (Å²) >= 11 is 13.5. The topological polar surface area (TPSA) is 37.9 Å². The molecule has 0 spiro atoms. The molecule has 0 aliphatic carbocycles. The minimum absolute atomic E-state index is 0.500. The van der Waals surface area contributed by atoms with E-state index in [4.69, 9.17) is 27.9 Å². The normalized spacial score (nSPS) is 11.1. The molecule has 0 atom stereocenters. The lowest BCUT2D eigenvalue weighted by Crippen LogP contribution is -1.83. The van der Waals surface area contributed by atoms with Gasteiger partial charge in [0.2, 0.25) is 0 Å². The maximum absolute atomic E-state index is 5.98. The van der Waals surface area contributed by atoms with Crippen LogP contribution in [0.4, 0.5) is 0 Å². The van der Waals surface area contributed by atoms with Gasteiger partial charge in [-0.05, 0) is 23.6 Å². The van der Waals surface area contributed by atoms with Gasteiger partial charge in [-0.25, -0.2) is 4.98 Å². The van der Waals surface area contributed by atoms with Crippen LogP contribution in [0, 0.1) is 0 Å². The highest BCUT2D eigenvalue weighted by molar-refractivity contribution is 7.13. The predicted molar refractivity (Wildman–Crippen MR) is 76.0 cm³/mol. The molecule has 0 bridgehead atoms. The Bertz CT molecular complexity index is 681. The van der Waals surface area contributed by atoms with Crippen LogP contribution in [-0.4, -0.2) is 17.1 Å². The summed E-state index contributed by atoms with van der Waals surface area (Å²) in [6.07, 6.45) is 0. The molecule has 3 nitrogen and oxygen atoms in total. The van der Waals surface area contributed by atoms with Gasteiger partial charge in [-0.2, -0.15) is 0 Å². The Morgan fingerprint density at radius 3 is 2.83 bits per heavy atom. The Morgan fingerprint density at radius 1 is 1.28 bits per heavy atom. The van der Waals surface area contributed by atoms with Gasteiger partial charge >= 0.3 is 0 Å². The molecule has 0 amide bonds. The number of fused-ring (bicyclic) bond motifs is 1. The molecule has 2 heterocycles. The maximum Gasteiger partial charge on any atom is 0.152 e. The Kier molecular flexibility index (Phi) is 2.93. The van der Waals surface area contributed by atoms with Crippen molar-refractivity contribution in [3.05, 3.63) is 33.6 Å². The third kappa shape index (κ3) is 1.86. The monoisotopic (exact) mass is 298 g/mol. The van der Waals surface area contributed by atoms with E-state index in [0.29, 0.717) is 10.0 Å². The van der Waals surface area contributed by atoms with E-state index in [-0.39, 0.29) is 0 Å². The van der Waals surface area contributed by atoms with E-state index in [9.17, 15) is 0 Å². The molecule has 1 N–H and O–H groups in total. The number of ether oxygens (including phenoxy) is 1. The first-order valence-electron chi connectivity index (χ1n) is 5.15. The highest BCUT2D eigenvalue weighted by atomic mass is 35.5. The lowest BCUT2D eigenvalue weighted by molar-refractivity contribution is 0.418. The Hall–Kier alpha value is -1.23. The lowest BCUT2D eigenvalue weighted by Gasteiger charge is -1.97. The van der Waals surface area contributed by atoms with Crippen LogP contribution in [-0.2, 0) is 0 Å². The number of imidazole rings is 1. The zero-order valence-electron chi connectivity index (χ0n) is 9.33. The van der Waals surface area contributed by atoms with E-state index in [1.807, 2.05) is 11.4 Å². The summed E-state index contributed by atoms with van der Waals surface area (Å²) in [7, 11) is 1.64. The summed E-state index contributed by atoms with van der Waals surface area (Å²) < 4.78 is 5.28. The zero-order chi connectivity index (χ0) is 12.7.